The monoisotopic (exact) mass is 490 g/mol. The van der Waals surface area contributed by atoms with Crippen molar-refractivity contribution in [2.45, 2.75) is 0 Å². The zero-order chi connectivity index (χ0) is 25.2. The Morgan fingerprint density at radius 2 is 1.66 bits per heavy atom. The third-order valence-electron chi connectivity index (χ3n) is 5.51. The van der Waals surface area contributed by atoms with Gasteiger partial charge in [0.1, 0.15) is 6.54 Å². The molecule has 0 aliphatic rings. The summed E-state index contributed by atoms with van der Waals surface area (Å²) < 4.78 is 26.1. The van der Waals surface area contributed by atoms with Gasteiger partial charge in [-0.3, -0.25) is 9.10 Å². The van der Waals surface area contributed by atoms with Gasteiger partial charge in [0.2, 0.25) is 15.9 Å². The molecule has 0 radical (unpaired) electrons. The van der Waals surface area contributed by atoms with Crippen LogP contribution in [0, 0.1) is 0 Å². The number of aromatic amines is 1. The highest BCUT2D eigenvalue weighted by Gasteiger charge is 2.23. The Labute approximate surface area is 204 Å². The predicted octanol–water partition coefficient (Wildman–Crippen LogP) is 3.90. The molecule has 1 heterocycles. The molecule has 4 aromatic rings. The molecule has 0 saturated heterocycles. The minimum Gasteiger partial charge on any atom is -0.494 e. The van der Waals surface area contributed by atoms with Crippen LogP contribution in [0.4, 0.5) is 11.4 Å². The normalized spacial score (nSPS) is 12.0. The van der Waals surface area contributed by atoms with Gasteiger partial charge in [0.25, 0.3) is 0 Å². The van der Waals surface area contributed by atoms with Crippen LogP contribution in [0.5, 0.6) is 5.88 Å². The molecule has 1 aromatic heterocycles. The van der Waals surface area contributed by atoms with E-state index in [0.29, 0.717) is 22.6 Å². The van der Waals surface area contributed by atoms with Gasteiger partial charge >= 0.3 is 0 Å². The Balaban J connectivity index is 1.87. The fraction of sp³-hybridized carbons (Fsp3) is 0.154. The molecule has 8 nitrogen and oxygen atoms in total. The lowest BCUT2D eigenvalue weighted by Crippen LogP contribution is -2.39. The van der Waals surface area contributed by atoms with Crippen LogP contribution in [0.2, 0.25) is 0 Å². The topological polar surface area (TPSA) is 106 Å². The number of rotatable bonds is 7. The lowest BCUT2D eigenvalue weighted by atomic mass is 10.0. The van der Waals surface area contributed by atoms with Crippen molar-refractivity contribution in [2.75, 3.05) is 31.2 Å². The largest absolute Gasteiger partial charge is 0.494 e. The number of H-pyrrole nitrogens is 1. The lowest BCUT2D eigenvalue weighted by molar-refractivity contribution is -0.127. The summed E-state index contributed by atoms with van der Waals surface area (Å²) in [6, 6.07) is 23.6. The zero-order valence-electron chi connectivity index (χ0n) is 19.6. The number of para-hydroxylation sites is 1. The minimum atomic E-state index is -3.73. The molecule has 180 valence electrons. The standard InChI is InChI=1S/C26H26N4O4S/c1-29(2)23(31)17-30(35(3,33)34)20-13-9-12-19(16-20)27-25(18-10-5-4-6-11-18)24-21-14-7-8-15-22(21)28-26(24)32/h4-16,28,32H,17H2,1-3H3. The minimum absolute atomic E-state index is 0.0145. The van der Waals surface area contributed by atoms with E-state index in [4.69, 9.17) is 4.99 Å². The molecule has 0 unspecified atom stereocenters. The maximum absolute atomic E-state index is 12.5. The molecular weight excluding hydrogens is 464 g/mol. The van der Waals surface area contributed by atoms with Crippen molar-refractivity contribution in [3.05, 3.63) is 90.0 Å². The summed E-state index contributed by atoms with van der Waals surface area (Å²) in [6.45, 7) is -0.326. The molecule has 0 atom stereocenters. The number of carbonyl (C=O) groups excluding carboxylic acids is 1. The summed E-state index contributed by atoms with van der Waals surface area (Å²) >= 11 is 0. The molecule has 0 bridgehead atoms. The van der Waals surface area contributed by atoms with Gasteiger partial charge in [-0.05, 0) is 24.3 Å². The number of carbonyl (C=O) groups is 1. The molecule has 9 heteroatoms. The quantitative estimate of drug-likeness (QED) is 0.383. The first-order valence-electron chi connectivity index (χ1n) is 10.9. The number of sulfonamides is 1. The number of benzene rings is 3. The number of amides is 1. The van der Waals surface area contributed by atoms with Crippen LogP contribution in [0.3, 0.4) is 0 Å². The molecule has 35 heavy (non-hydrogen) atoms. The number of hydrogen-bond acceptors (Lipinski definition) is 5. The molecule has 0 aliphatic heterocycles. The SMILES string of the molecule is CN(C)C(=O)CN(c1cccc(N=C(c2ccccc2)c2c(O)[nH]c3ccccc23)c1)S(C)(=O)=O. The molecule has 0 aliphatic carbocycles. The van der Waals surface area contributed by atoms with Gasteiger partial charge in [-0.1, -0.05) is 54.6 Å². The van der Waals surface area contributed by atoms with E-state index in [1.165, 1.54) is 4.90 Å². The predicted molar refractivity (Wildman–Crippen MR) is 139 cm³/mol. The fourth-order valence-electron chi connectivity index (χ4n) is 3.74. The van der Waals surface area contributed by atoms with Gasteiger partial charge in [0.05, 0.1) is 28.9 Å². The average molecular weight is 491 g/mol. The molecular formula is C26H26N4O4S. The summed E-state index contributed by atoms with van der Waals surface area (Å²) in [5, 5.41) is 11.6. The number of fused-ring (bicyclic) bond motifs is 1. The Morgan fingerprint density at radius 3 is 2.34 bits per heavy atom. The van der Waals surface area contributed by atoms with Crippen molar-refractivity contribution >= 4 is 43.9 Å². The summed E-state index contributed by atoms with van der Waals surface area (Å²) in [4.78, 5) is 21.5. The first-order chi connectivity index (χ1) is 16.6. The van der Waals surface area contributed by atoms with E-state index in [9.17, 15) is 18.3 Å². The second-order valence-corrected chi connectivity index (χ2v) is 10.2. The van der Waals surface area contributed by atoms with E-state index in [-0.39, 0.29) is 18.3 Å². The van der Waals surface area contributed by atoms with Crippen molar-refractivity contribution in [2.24, 2.45) is 4.99 Å². The molecule has 3 aromatic carbocycles. The number of nitrogens with one attached hydrogen (secondary N) is 1. The highest BCUT2D eigenvalue weighted by Crippen LogP contribution is 2.32. The van der Waals surface area contributed by atoms with Gasteiger partial charge in [0.15, 0.2) is 5.88 Å². The van der Waals surface area contributed by atoms with Crippen LogP contribution < -0.4 is 4.31 Å². The number of aromatic hydroxyl groups is 1. The second-order valence-electron chi connectivity index (χ2n) is 8.30. The van der Waals surface area contributed by atoms with Crippen molar-refractivity contribution in [1.29, 1.82) is 0 Å². The Morgan fingerprint density at radius 1 is 0.971 bits per heavy atom. The second kappa shape index (κ2) is 9.63. The van der Waals surface area contributed by atoms with Gasteiger partial charge in [0, 0.05) is 30.6 Å². The maximum Gasteiger partial charge on any atom is 0.242 e. The first-order valence-corrected chi connectivity index (χ1v) is 12.7. The number of aromatic nitrogens is 1. The van der Waals surface area contributed by atoms with Crippen LogP contribution in [0.15, 0.2) is 83.9 Å². The third kappa shape index (κ3) is 5.20. The molecule has 0 saturated carbocycles. The van der Waals surface area contributed by atoms with Gasteiger partial charge in [-0.15, -0.1) is 0 Å². The van der Waals surface area contributed by atoms with E-state index >= 15 is 0 Å². The van der Waals surface area contributed by atoms with E-state index < -0.39 is 10.0 Å². The summed E-state index contributed by atoms with van der Waals surface area (Å²) in [6.07, 6.45) is 1.06. The van der Waals surface area contributed by atoms with Crippen LogP contribution in [-0.2, 0) is 14.8 Å². The van der Waals surface area contributed by atoms with Crippen LogP contribution in [-0.4, -0.2) is 61.9 Å². The van der Waals surface area contributed by atoms with Crippen molar-refractivity contribution in [3.63, 3.8) is 0 Å². The Hall–Kier alpha value is -4.11. The smallest absolute Gasteiger partial charge is 0.242 e. The van der Waals surface area contributed by atoms with Gasteiger partial charge in [-0.2, -0.15) is 0 Å². The maximum atomic E-state index is 12.5. The first kappa shape index (κ1) is 24.0. The number of aliphatic imine (C=N–C) groups is 1. The number of hydrogen-bond donors (Lipinski definition) is 2. The Kier molecular flexibility index (Phi) is 6.61. The molecule has 4 rings (SSSR count). The highest BCUT2D eigenvalue weighted by molar-refractivity contribution is 7.92. The summed E-state index contributed by atoms with van der Waals surface area (Å²) in [5.41, 5.74) is 3.40. The van der Waals surface area contributed by atoms with E-state index in [1.54, 1.807) is 38.4 Å². The third-order valence-corrected chi connectivity index (χ3v) is 6.65. The van der Waals surface area contributed by atoms with E-state index in [1.807, 2.05) is 54.6 Å². The summed E-state index contributed by atoms with van der Waals surface area (Å²) in [7, 11) is -0.585. The van der Waals surface area contributed by atoms with Crippen molar-refractivity contribution in [1.82, 2.24) is 9.88 Å². The number of likely N-dealkylation sites (N-methyl/N-ethyl adjacent to an activating group) is 1. The molecule has 1 amide bonds. The van der Waals surface area contributed by atoms with E-state index in [0.717, 1.165) is 27.0 Å². The van der Waals surface area contributed by atoms with Crippen LogP contribution >= 0.6 is 0 Å². The fourth-order valence-corrected chi connectivity index (χ4v) is 4.58. The van der Waals surface area contributed by atoms with Crippen molar-refractivity contribution in [3.8, 4) is 5.88 Å². The molecule has 0 fully saturated rings. The summed E-state index contributed by atoms with van der Waals surface area (Å²) in [5.74, 6) is -0.364. The van der Waals surface area contributed by atoms with Crippen LogP contribution in [0.1, 0.15) is 11.1 Å². The lowest BCUT2D eigenvalue weighted by Gasteiger charge is -2.23. The molecule has 2 N–H and O–H groups in total. The highest BCUT2D eigenvalue weighted by atomic mass is 32.2. The zero-order valence-corrected chi connectivity index (χ0v) is 20.5. The van der Waals surface area contributed by atoms with Gasteiger partial charge in [-0.25, -0.2) is 13.4 Å². The number of nitrogens with zero attached hydrogens (tertiary/aromatic N) is 3. The van der Waals surface area contributed by atoms with E-state index in [2.05, 4.69) is 4.98 Å². The number of anilines is 1. The molecule has 0 spiro atoms. The van der Waals surface area contributed by atoms with Crippen LogP contribution in [0.25, 0.3) is 10.9 Å². The van der Waals surface area contributed by atoms with Gasteiger partial charge < -0.3 is 15.0 Å². The average Bonchev–Trinajstić information content (AvgIpc) is 3.16. The Bertz CT molecular complexity index is 1510. The van der Waals surface area contributed by atoms with Crippen molar-refractivity contribution < 1.29 is 18.3 Å².